The maximum Gasteiger partial charge on any atom is 0.159 e. The van der Waals surface area contributed by atoms with Gasteiger partial charge in [-0.05, 0) is 30.3 Å². The van der Waals surface area contributed by atoms with E-state index in [1.54, 1.807) is 24.4 Å². The molecule has 15 heavy (non-hydrogen) atoms. The zero-order valence-corrected chi connectivity index (χ0v) is 8.09. The molecule has 0 spiro atoms. The third kappa shape index (κ3) is 2.11. The second-order valence-electron chi connectivity index (χ2n) is 3.15. The number of benzene rings is 1. The highest BCUT2D eigenvalue weighted by Crippen LogP contribution is 2.16. The topological polar surface area (TPSA) is 72.0 Å². The van der Waals surface area contributed by atoms with Crippen LogP contribution in [0.3, 0.4) is 0 Å². The first-order valence-electron chi connectivity index (χ1n) is 4.58. The summed E-state index contributed by atoms with van der Waals surface area (Å²) < 4.78 is 0. The van der Waals surface area contributed by atoms with E-state index >= 15 is 0 Å². The summed E-state index contributed by atoms with van der Waals surface area (Å²) in [6, 6.07) is 8.98. The Labute approximate surface area is 87.4 Å². The number of hydrogen-bond acceptors (Lipinski definition) is 4. The minimum atomic E-state index is -0.0789. The molecule has 3 N–H and O–H groups in total. The van der Waals surface area contributed by atoms with Gasteiger partial charge in [0, 0.05) is 17.4 Å². The quantitative estimate of drug-likeness (QED) is 0.716. The maximum atomic E-state index is 8.94. The van der Waals surface area contributed by atoms with Crippen LogP contribution in [0.15, 0.2) is 36.5 Å². The van der Waals surface area contributed by atoms with Crippen LogP contribution in [0.1, 0.15) is 5.69 Å². The summed E-state index contributed by atoms with van der Waals surface area (Å²) in [7, 11) is 0. The number of hydrogen-bond donors (Lipinski definition) is 2. The van der Waals surface area contributed by atoms with Crippen molar-refractivity contribution in [3.63, 3.8) is 0 Å². The van der Waals surface area contributed by atoms with Crippen LogP contribution in [0, 0.1) is 0 Å². The third-order valence-electron chi connectivity index (χ3n) is 2.04. The molecule has 0 saturated heterocycles. The van der Waals surface area contributed by atoms with Gasteiger partial charge in [0.15, 0.2) is 5.82 Å². The van der Waals surface area contributed by atoms with Crippen molar-refractivity contribution in [2.75, 3.05) is 5.73 Å². The van der Waals surface area contributed by atoms with Crippen molar-refractivity contribution >= 4 is 5.69 Å². The summed E-state index contributed by atoms with van der Waals surface area (Å²) in [6.07, 6.45) is 1.63. The van der Waals surface area contributed by atoms with E-state index in [4.69, 9.17) is 10.8 Å². The number of nitrogens with two attached hydrogens (primary N) is 1. The van der Waals surface area contributed by atoms with Crippen LogP contribution in [0.25, 0.3) is 11.4 Å². The molecule has 1 aromatic carbocycles. The van der Waals surface area contributed by atoms with Crippen LogP contribution in [0.5, 0.6) is 0 Å². The molecule has 0 saturated carbocycles. The second kappa shape index (κ2) is 4.06. The zero-order chi connectivity index (χ0) is 10.7. The fourth-order valence-electron chi connectivity index (χ4n) is 1.26. The Balaban J connectivity index is 2.40. The molecule has 0 bridgehead atoms. The van der Waals surface area contributed by atoms with Crippen molar-refractivity contribution in [1.82, 2.24) is 9.97 Å². The van der Waals surface area contributed by atoms with Crippen molar-refractivity contribution in [2.45, 2.75) is 6.61 Å². The SMILES string of the molecule is Nc1ccc(-c2nccc(CO)n2)cc1. The van der Waals surface area contributed by atoms with Gasteiger partial charge >= 0.3 is 0 Å². The van der Waals surface area contributed by atoms with Crippen LogP contribution in [0.4, 0.5) is 5.69 Å². The van der Waals surface area contributed by atoms with Crippen LogP contribution >= 0.6 is 0 Å². The number of aromatic nitrogens is 2. The van der Waals surface area contributed by atoms with E-state index in [0.717, 1.165) is 5.56 Å². The highest BCUT2D eigenvalue weighted by molar-refractivity contribution is 5.58. The van der Waals surface area contributed by atoms with Gasteiger partial charge in [-0.3, -0.25) is 0 Å². The number of aliphatic hydroxyl groups excluding tert-OH is 1. The van der Waals surface area contributed by atoms with E-state index in [1.165, 1.54) is 0 Å². The van der Waals surface area contributed by atoms with E-state index < -0.39 is 0 Å². The molecule has 4 heteroatoms. The number of nitrogens with zero attached hydrogens (tertiary/aromatic N) is 2. The molecule has 0 unspecified atom stereocenters. The summed E-state index contributed by atoms with van der Waals surface area (Å²) in [6.45, 7) is -0.0789. The predicted octanol–water partition coefficient (Wildman–Crippen LogP) is 1.22. The average molecular weight is 201 g/mol. The minimum Gasteiger partial charge on any atom is -0.399 e. The lowest BCUT2D eigenvalue weighted by Crippen LogP contribution is -1.94. The van der Waals surface area contributed by atoms with Crippen LogP contribution < -0.4 is 5.73 Å². The molecule has 2 aromatic rings. The van der Waals surface area contributed by atoms with Crippen molar-refractivity contribution in [3.05, 3.63) is 42.2 Å². The molecule has 2 rings (SSSR count). The third-order valence-corrected chi connectivity index (χ3v) is 2.04. The highest BCUT2D eigenvalue weighted by Gasteiger charge is 2.01. The number of anilines is 1. The van der Waals surface area contributed by atoms with Crippen molar-refractivity contribution < 1.29 is 5.11 Å². The van der Waals surface area contributed by atoms with Crippen LogP contribution in [-0.2, 0) is 6.61 Å². The monoisotopic (exact) mass is 201 g/mol. The maximum absolute atomic E-state index is 8.94. The number of aliphatic hydroxyl groups is 1. The minimum absolute atomic E-state index is 0.0789. The lowest BCUT2D eigenvalue weighted by molar-refractivity contribution is 0.277. The van der Waals surface area contributed by atoms with Gasteiger partial charge in [-0.25, -0.2) is 9.97 Å². The summed E-state index contributed by atoms with van der Waals surface area (Å²) in [4.78, 5) is 8.31. The summed E-state index contributed by atoms with van der Waals surface area (Å²) >= 11 is 0. The van der Waals surface area contributed by atoms with Gasteiger partial charge in [0.2, 0.25) is 0 Å². The number of rotatable bonds is 2. The fourth-order valence-corrected chi connectivity index (χ4v) is 1.26. The van der Waals surface area contributed by atoms with Gasteiger partial charge in [-0.2, -0.15) is 0 Å². The second-order valence-corrected chi connectivity index (χ2v) is 3.15. The summed E-state index contributed by atoms with van der Waals surface area (Å²) in [5.74, 6) is 0.599. The molecule has 76 valence electrons. The van der Waals surface area contributed by atoms with Crippen molar-refractivity contribution in [3.8, 4) is 11.4 Å². The van der Waals surface area contributed by atoms with Crippen LogP contribution in [-0.4, -0.2) is 15.1 Å². The van der Waals surface area contributed by atoms with E-state index in [0.29, 0.717) is 17.2 Å². The average Bonchev–Trinajstić information content (AvgIpc) is 2.30. The number of nitrogen functional groups attached to an aromatic ring is 1. The smallest absolute Gasteiger partial charge is 0.159 e. The first kappa shape index (κ1) is 9.61. The first-order valence-corrected chi connectivity index (χ1v) is 4.58. The van der Waals surface area contributed by atoms with Gasteiger partial charge < -0.3 is 10.8 Å². The Bertz CT molecular complexity index is 454. The highest BCUT2D eigenvalue weighted by atomic mass is 16.3. The largest absolute Gasteiger partial charge is 0.399 e. The molecular weight excluding hydrogens is 190 g/mol. The predicted molar refractivity (Wildman–Crippen MR) is 57.8 cm³/mol. The molecule has 1 heterocycles. The van der Waals surface area contributed by atoms with Crippen LogP contribution in [0.2, 0.25) is 0 Å². The van der Waals surface area contributed by atoms with Gasteiger partial charge in [-0.15, -0.1) is 0 Å². The Kier molecular flexibility index (Phi) is 2.60. The molecule has 0 amide bonds. The Hall–Kier alpha value is -1.94. The van der Waals surface area contributed by atoms with E-state index in [2.05, 4.69) is 9.97 Å². The molecule has 0 aliphatic carbocycles. The first-order chi connectivity index (χ1) is 7.29. The molecule has 0 radical (unpaired) electrons. The summed E-state index contributed by atoms with van der Waals surface area (Å²) in [5.41, 5.74) is 7.78. The molecule has 4 nitrogen and oxygen atoms in total. The van der Waals surface area contributed by atoms with Gasteiger partial charge in [0.1, 0.15) is 0 Å². The molecule has 0 aliphatic rings. The summed E-state index contributed by atoms with van der Waals surface area (Å²) in [5, 5.41) is 8.94. The van der Waals surface area contributed by atoms with Gasteiger partial charge in [-0.1, -0.05) is 0 Å². The van der Waals surface area contributed by atoms with E-state index in [-0.39, 0.29) is 6.61 Å². The van der Waals surface area contributed by atoms with Gasteiger partial charge in [0.25, 0.3) is 0 Å². The lowest BCUT2D eigenvalue weighted by atomic mass is 10.2. The lowest BCUT2D eigenvalue weighted by Gasteiger charge is -2.01. The Morgan fingerprint density at radius 2 is 1.87 bits per heavy atom. The molecule has 0 fully saturated rings. The molecular formula is C11H11N3O. The van der Waals surface area contributed by atoms with Gasteiger partial charge in [0.05, 0.1) is 12.3 Å². The van der Waals surface area contributed by atoms with E-state index in [1.807, 2.05) is 12.1 Å². The van der Waals surface area contributed by atoms with E-state index in [9.17, 15) is 0 Å². The standard InChI is InChI=1S/C11H11N3O/c12-9-3-1-8(2-4-9)11-13-6-5-10(7-15)14-11/h1-6,15H,7,12H2. The van der Waals surface area contributed by atoms with Crippen molar-refractivity contribution in [1.29, 1.82) is 0 Å². The van der Waals surface area contributed by atoms with Crippen molar-refractivity contribution in [2.24, 2.45) is 0 Å². The molecule has 0 atom stereocenters. The fraction of sp³-hybridized carbons (Fsp3) is 0.0909. The molecule has 1 aromatic heterocycles. The Morgan fingerprint density at radius 1 is 1.13 bits per heavy atom. The normalized spacial score (nSPS) is 10.2. The molecule has 0 aliphatic heterocycles. The Morgan fingerprint density at radius 3 is 2.53 bits per heavy atom. The zero-order valence-electron chi connectivity index (χ0n) is 8.09.